The third kappa shape index (κ3) is 3.09. The van der Waals surface area contributed by atoms with Crippen LogP contribution in [0.25, 0.3) is 0 Å². The minimum Gasteiger partial charge on any atom is -0.496 e. The van der Waals surface area contributed by atoms with Crippen LogP contribution in [0.2, 0.25) is 0 Å². The average Bonchev–Trinajstić information content (AvgIpc) is 2.48. The van der Waals surface area contributed by atoms with Gasteiger partial charge < -0.3 is 4.74 Å². The molecule has 118 valence electrons. The van der Waals surface area contributed by atoms with Crippen molar-refractivity contribution in [2.75, 3.05) is 13.7 Å². The molecule has 0 aliphatic carbocycles. The summed E-state index contributed by atoms with van der Waals surface area (Å²) in [6.45, 7) is 6.40. The molecule has 1 aromatic rings. The first-order valence-corrected chi connectivity index (χ1v) is 9.03. The van der Waals surface area contributed by atoms with Crippen LogP contribution in [0, 0.1) is 13.8 Å². The van der Waals surface area contributed by atoms with Gasteiger partial charge in [0.2, 0.25) is 10.0 Å². The SMILES string of the molecule is CC[C@H]1CCCCN1S(=O)(=O)c1cc(C)c(OC)cc1C. The molecule has 4 nitrogen and oxygen atoms in total. The van der Waals surface area contributed by atoms with Crippen molar-refractivity contribution in [3.8, 4) is 5.75 Å². The molecule has 1 aliphatic rings. The molecule has 0 N–H and O–H groups in total. The van der Waals surface area contributed by atoms with Gasteiger partial charge in [-0.25, -0.2) is 8.42 Å². The number of methoxy groups -OCH3 is 1. The minimum absolute atomic E-state index is 0.130. The number of hydrogen-bond acceptors (Lipinski definition) is 3. The number of aryl methyl sites for hydroxylation is 2. The maximum absolute atomic E-state index is 13.0. The fourth-order valence-electron chi connectivity index (χ4n) is 3.09. The zero-order valence-electron chi connectivity index (χ0n) is 13.3. The molecule has 0 aromatic heterocycles. The Balaban J connectivity index is 2.46. The van der Waals surface area contributed by atoms with Crippen LogP contribution < -0.4 is 4.74 Å². The van der Waals surface area contributed by atoms with E-state index in [1.54, 1.807) is 17.5 Å². The standard InChI is InChI=1S/C16H25NO3S/c1-5-14-8-6-7-9-17(14)21(18,19)16-11-12(2)15(20-4)10-13(16)3/h10-11,14H,5-9H2,1-4H3/t14-/m0/s1. The van der Waals surface area contributed by atoms with Crippen molar-refractivity contribution in [1.29, 1.82) is 0 Å². The van der Waals surface area contributed by atoms with Crippen molar-refractivity contribution in [3.05, 3.63) is 23.3 Å². The number of ether oxygens (including phenoxy) is 1. The van der Waals surface area contributed by atoms with Crippen molar-refractivity contribution in [3.63, 3.8) is 0 Å². The van der Waals surface area contributed by atoms with E-state index in [0.717, 1.165) is 42.6 Å². The van der Waals surface area contributed by atoms with Crippen molar-refractivity contribution >= 4 is 10.0 Å². The third-order valence-electron chi connectivity index (χ3n) is 4.32. The summed E-state index contributed by atoms with van der Waals surface area (Å²) >= 11 is 0. The van der Waals surface area contributed by atoms with Crippen molar-refractivity contribution in [1.82, 2.24) is 4.31 Å². The molecular weight excluding hydrogens is 286 g/mol. The van der Waals surface area contributed by atoms with Gasteiger partial charge in [-0.15, -0.1) is 0 Å². The second kappa shape index (κ2) is 6.36. The molecule has 5 heteroatoms. The first-order chi connectivity index (χ1) is 9.91. The van der Waals surface area contributed by atoms with Gasteiger partial charge in [-0.3, -0.25) is 0 Å². The lowest BCUT2D eigenvalue weighted by Gasteiger charge is -2.34. The molecule has 1 atom stereocenters. The van der Waals surface area contributed by atoms with Crippen molar-refractivity contribution in [2.24, 2.45) is 0 Å². The van der Waals surface area contributed by atoms with Gasteiger partial charge in [0.05, 0.1) is 12.0 Å². The molecule has 1 aliphatic heterocycles. The van der Waals surface area contributed by atoms with Gasteiger partial charge in [0.15, 0.2) is 0 Å². The fraction of sp³-hybridized carbons (Fsp3) is 0.625. The molecular formula is C16H25NO3S. The lowest BCUT2D eigenvalue weighted by molar-refractivity contribution is 0.246. The summed E-state index contributed by atoms with van der Waals surface area (Å²) in [5, 5.41) is 0. The summed E-state index contributed by atoms with van der Waals surface area (Å²) in [7, 11) is -1.82. The zero-order chi connectivity index (χ0) is 15.6. The van der Waals surface area contributed by atoms with Crippen LogP contribution in [0.5, 0.6) is 5.75 Å². The first-order valence-electron chi connectivity index (χ1n) is 7.59. The van der Waals surface area contributed by atoms with Gasteiger partial charge in [0, 0.05) is 12.6 Å². The maximum atomic E-state index is 13.0. The molecule has 0 radical (unpaired) electrons. The van der Waals surface area contributed by atoms with Crippen LogP contribution in [0.1, 0.15) is 43.7 Å². The van der Waals surface area contributed by atoms with Gasteiger partial charge in [0.1, 0.15) is 5.75 Å². The quantitative estimate of drug-likeness (QED) is 0.857. The number of benzene rings is 1. The Labute approximate surface area is 128 Å². The molecule has 1 fully saturated rings. The summed E-state index contributed by atoms with van der Waals surface area (Å²) < 4.78 is 33.0. The Hall–Kier alpha value is -1.07. The monoisotopic (exact) mass is 311 g/mol. The van der Waals surface area contributed by atoms with Crippen molar-refractivity contribution < 1.29 is 13.2 Å². The Morgan fingerprint density at radius 3 is 2.57 bits per heavy atom. The molecule has 1 saturated heterocycles. The zero-order valence-corrected chi connectivity index (χ0v) is 14.2. The summed E-state index contributed by atoms with van der Waals surface area (Å²) in [6.07, 6.45) is 3.90. The van der Waals surface area contributed by atoms with Gasteiger partial charge in [-0.05, 0) is 56.4 Å². The van der Waals surface area contributed by atoms with Crippen LogP contribution in [0.3, 0.4) is 0 Å². The topological polar surface area (TPSA) is 46.6 Å². The highest BCUT2D eigenvalue weighted by Gasteiger charge is 2.33. The van der Waals surface area contributed by atoms with Crippen LogP contribution in [-0.2, 0) is 10.0 Å². The van der Waals surface area contributed by atoms with E-state index in [1.807, 2.05) is 19.9 Å². The lowest BCUT2D eigenvalue weighted by Crippen LogP contribution is -2.43. The van der Waals surface area contributed by atoms with Gasteiger partial charge in [-0.1, -0.05) is 13.3 Å². The molecule has 0 saturated carbocycles. The second-order valence-corrected chi connectivity index (χ2v) is 7.62. The Morgan fingerprint density at radius 2 is 1.95 bits per heavy atom. The average molecular weight is 311 g/mol. The van der Waals surface area contributed by atoms with E-state index in [-0.39, 0.29) is 6.04 Å². The van der Waals surface area contributed by atoms with Crippen LogP contribution in [-0.4, -0.2) is 32.4 Å². The highest BCUT2D eigenvalue weighted by molar-refractivity contribution is 7.89. The molecule has 1 aromatic carbocycles. The fourth-order valence-corrected chi connectivity index (χ4v) is 5.15. The highest BCUT2D eigenvalue weighted by atomic mass is 32.2. The van der Waals surface area contributed by atoms with Gasteiger partial charge >= 0.3 is 0 Å². The Bertz CT molecular complexity index is 610. The highest BCUT2D eigenvalue weighted by Crippen LogP contribution is 2.31. The van der Waals surface area contributed by atoms with E-state index in [4.69, 9.17) is 4.74 Å². The lowest BCUT2D eigenvalue weighted by atomic mass is 10.0. The van der Waals surface area contributed by atoms with Crippen LogP contribution >= 0.6 is 0 Å². The number of sulfonamides is 1. The Kier molecular flexibility index (Phi) is 4.94. The molecule has 0 amide bonds. The summed E-state index contributed by atoms with van der Waals surface area (Å²) in [5.41, 5.74) is 1.60. The molecule has 1 heterocycles. The third-order valence-corrected chi connectivity index (χ3v) is 6.42. The summed E-state index contributed by atoms with van der Waals surface area (Å²) in [6, 6.07) is 3.68. The van der Waals surface area contributed by atoms with E-state index in [1.165, 1.54) is 0 Å². The smallest absolute Gasteiger partial charge is 0.243 e. The summed E-state index contributed by atoms with van der Waals surface area (Å²) in [4.78, 5) is 0.418. The first kappa shape index (κ1) is 16.3. The van der Waals surface area contributed by atoms with Crippen molar-refractivity contribution in [2.45, 2.75) is 57.4 Å². The molecule has 2 rings (SSSR count). The van der Waals surface area contributed by atoms with E-state index in [2.05, 4.69) is 6.92 Å². The van der Waals surface area contributed by atoms with Gasteiger partial charge in [-0.2, -0.15) is 4.31 Å². The molecule has 0 unspecified atom stereocenters. The number of piperidine rings is 1. The second-order valence-electron chi connectivity index (χ2n) is 5.76. The Morgan fingerprint density at radius 1 is 1.24 bits per heavy atom. The summed E-state index contributed by atoms with van der Waals surface area (Å²) in [5.74, 6) is 0.733. The number of hydrogen-bond donors (Lipinski definition) is 0. The van der Waals surface area contributed by atoms with Crippen LogP contribution in [0.4, 0.5) is 0 Å². The number of rotatable bonds is 4. The van der Waals surface area contributed by atoms with E-state index < -0.39 is 10.0 Å². The molecule has 0 bridgehead atoms. The predicted octanol–water partition coefficient (Wildman–Crippen LogP) is 3.27. The van der Waals surface area contributed by atoms with E-state index in [9.17, 15) is 8.42 Å². The van der Waals surface area contributed by atoms with E-state index in [0.29, 0.717) is 11.4 Å². The molecule has 21 heavy (non-hydrogen) atoms. The normalized spacial score (nSPS) is 20.5. The van der Waals surface area contributed by atoms with Gasteiger partial charge in [0.25, 0.3) is 0 Å². The maximum Gasteiger partial charge on any atom is 0.243 e. The number of nitrogens with zero attached hydrogens (tertiary/aromatic N) is 1. The predicted molar refractivity (Wildman–Crippen MR) is 84.3 cm³/mol. The molecule has 0 spiro atoms. The van der Waals surface area contributed by atoms with E-state index >= 15 is 0 Å². The van der Waals surface area contributed by atoms with Crippen LogP contribution in [0.15, 0.2) is 17.0 Å². The largest absolute Gasteiger partial charge is 0.496 e. The minimum atomic E-state index is -3.42.